The van der Waals surface area contributed by atoms with Crippen molar-refractivity contribution in [2.45, 2.75) is 13.5 Å². The second kappa shape index (κ2) is 7.86. The van der Waals surface area contributed by atoms with Crippen molar-refractivity contribution in [1.82, 2.24) is 5.32 Å². The van der Waals surface area contributed by atoms with Crippen LogP contribution in [-0.4, -0.2) is 31.0 Å². The van der Waals surface area contributed by atoms with Crippen molar-refractivity contribution in [2.24, 2.45) is 0 Å². The minimum Gasteiger partial charge on any atom is -0.460 e. The van der Waals surface area contributed by atoms with Gasteiger partial charge in [-0.3, -0.25) is 14.4 Å². The molecular weight excluding hydrogens is 250 g/mol. The van der Waals surface area contributed by atoms with Gasteiger partial charge in [-0.1, -0.05) is 30.3 Å². The van der Waals surface area contributed by atoms with Crippen LogP contribution in [0.1, 0.15) is 12.5 Å². The standard InChI is InChI=1S/C13H15NO5/c1-10(15)18-9-12(16)14-7-13(17)19-8-11-5-3-2-4-6-11/h2-6H,7-9H2,1H3,(H,14,16). The molecule has 0 aliphatic rings. The van der Waals surface area contributed by atoms with Crippen LogP contribution in [0.5, 0.6) is 0 Å². The third-order valence-electron chi connectivity index (χ3n) is 2.08. The van der Waals surface area contributed by atoms with Crippen LogP contribution < -0.4 is 5.32 Å². The average molecular weight is 265 g/mol. The molecule has 0 fully saturated rings. The van der Waals surface area contributed by atoms with E-state index in [0.29, 0.717) is 0 Å². The fourth-order valence-corrected chi connectivity index (χ4v) is 1.18. The molecule has 0 saturated carbocycles. The molecule has 0 atom stereocenters. The zero-order chi connectivity index (χ0) is 14.1. The van der Waals surface area contributed by atoms with Crippen LogP contribution in [0.3, 0.4) is 0 Å². The average Bonchev–Trinajstić information content (AvgIpc) is 2.41. The maximum atomic E-state index is 11.3. The van der Waals surface area contributed by atoms with Gasteiger partial charge in [-0.25, -0.2) is 0 Å². The number of esters is 2. The van der Waals surface area contributed by atoms with Crippen molar-refractivity contribution in [3.63, 3.8) is 0 Å². The van der Waals surface area contributed by atoms with Crippen LogP contribution >= 0.6 is 0 Å². The first-order valence-corrected chi connectivity index (χ1v) is 5.67. The topological polar surface area (TPSA) is 81.7 Å². The van der Waals surface area contributed by atoms with Gasteiger partial charge in [0, 0.05) is 6.92 Å². The maximum Gasteiger partial charge on any atom is 0.325 e. The van der Waals surface area contributed by atoms with Crippen molar-refractivity contribution < 1.29 is 23.9 Å². The van der Waals surface area contributed by atoms with Gasteiger partial charge in [0.25, 0.3) is 5.91 Å². The van der Waals surface area contributed by atoms with Gasteiger partial charge in [-0.05, 0) is 5.56 Å². The van der Waals surface area contributed by atoms with Gasteiger partial charge in [0.15, 0.2) is 6.61 Å². The molecule has 0 heterocycles. The molecule has 0 aliphatic heterocycles. The summed E-state index contributed by atoms with van der Waals surface area (Å²) < 4.78 is 9.40. The summed E-state index contributed by atoms with van der Waals surface area (Å²) in [7, 11) is 0. The summed E-state index contributed by atoms with van der Waals surface area (Å²) in [5.41, 5.74) is 0.863. The Morgan fingerprint density at radius 2 is 1.79 bits per heavy atom. The summed E-state index contributed by atoms with van der Waals surface area (Å²) in [5, 5.41) is 2.28. The van der Waals surface area contributed by atoms with Crippen molar-refractivity contribution in [3.05, 3.63) is 35.9 Å². The third-order valence-corrected chi connectivity index (χ3v) is 2.08. The smallest absolute Gasteiger partial charge is 0.325 e. The van der Waals surface area contributed by atoms with Crippen molar-refractivity contribution in [1.29, 1.82) is 0 Å². The summed E-state index contributed by atoms with van der Waals surface area (Å²) in [6, 6.07) is 9.19. The number of hydrogen-bond acceptors (Lipinski definition) is 5. The molecule has 0 spiro atoms. The van der Waals surface area contributed by atoms with E-state index in [1.165, 1.54) is 6.92 Å². The Morgan fingerprint density at radius 3 is 2.42 bits per heavy atom. The molecule has 6 nitrogen and oxygen atoms in total. The van der Waals surface area contributed by atoms with E-state index in [1.807, 2.05) is 30.3 Å². The summed E-state index contributed by atoms with van der Waals surface area (Å²) in [6.07, 6.45) is 0. The van der Waals surface area contributed by atoms with Crippen LogP contribution in [0.2, 0.25) is 0 Å². The number of carbonyl (C=O) groups excluding carboxylic acids is 3. The van der Waals surface area contributed by atoms with E-state index in [-0.39, 0.29) is 13.2 Å². The summed E-state index contributed by atoms with van der Waals surface area (Å²) >= 11 is 0. The fourth-order valence-electron chi connectivity index (χ4n) is 1.18. The largest absolute Gasteiger partial charge is 0.460 e. The molecule has 0 saturated heterocycles. The lowest BCUT2D eigenvalue weighted by Gasteiger charge is -2.06. The highest BCUT2D eigenvalue weighted by Gasteiger charge is 2.07. The van der Waals surface area contributed by atoms with Crippen LogP contribution in [0.25, 0.3) is 0 Å². The van der Waals surface area contributed by atoms with E-state index in [2.05, 4.69) is 10.1 Å². The number of nitrogens with one attached hydrogen (secondary N) is 1. The molecule has 1 amide bonds. The number of hydrogen-bond donors (Lipinski definition) is 1. The Bertz CT molecular complexity index is 444. The van der Waals surface area contributed by atoms with E-state index in [4.69, 9.17) is 4.74 Å². The minimum atomic E-state index is -0.556. The van der Waals surface area contributed by atoms with Gasteiger partial charge in [-0.15, -0.1) is 0 Å². The molecular formula is C13H15NO5. The molecule has 0 aliphatic carbocycles. The Labute approximate surface area is 110 Å². The first kappa shape index (κ1) is 14.7. The van der Waals surface area contributed by atoms with Gasteiger partial charge in [0.05, 0.1) is 0 Å². The number of amides is 1. The third kappa shape index (κ3) is 6.82. The van der Waals surface area contributed by atoms with Crippen LogP contribution in [-0.2, 0) is 30.5 Å². The Kier molecular flexibility index (Phi) is 6.08. The normalized spacial score (nSPS) is 9.53. The van der Waals surface area contributed by atoms with Crippen LogP contribution in [0, 0.1) is 0 Å². The minimum absolute atomic E-state index is 0.152. The van der Waals surface area contributed by atoms with Crippen LogP contribution in [0.4, 0.5) is 0 Å². The first-order chi connectivity index (χ1) is 9.08. The molecule has 19 heavy (non-hydrogen) atoms. The second-order valence-electron chi connectivity index (χ2n) is 3.70. The van der Waals surface area contributed by atoms with E-state index in [9.17, 15) is 14.4 Å². The van der Waals surface area contributed by atoms with E-state index < -0.39 is 24.5 Å². The molecule has 6 heteroatoms. The van der Waals surface area contributed by atoms with Gasteiger partial charge in [0.1, 0.15) is 13.2 Å². The van der Waals surface area contributed by atoms with E-state index in [0.717, 1.165) is 5.56 Å². The second-order valence-corrected chi connectivity index (χ2v) is 3.70. The predicted molar refractivity (Wildman–Crippen MR) is 65.9 cm³/mol. The number of carbonyl (C=O) groups is 3. The Morgan fingerprint density at radius 1 is 1.11 bits per heavy atom. The Balaban J connectivity index is 2.17. The first-order valence-electron chi connectivity index (χ1n) is 5.67. The molecule has 102 valence electrons. The summed E-state index contributed by atoms with van der Waals surface area (Å²) in [6.45, 7) is 0.690. The van der Waals surface area contributed by atoms with Gasteiger partial charge < -0.3 is 14.8 Å². The van der Waals surface area contributed by atoms with Crippen molar-refractivity contribution in [3.8, 4) is 0 Å². The molecule has 1 aromatic rings. The van der Waals surface area contributed by atoms with E-state index >= 15 is 0 Å². The summed E-state index contributed by atoms with van der Waals surface area (Å²) in [5.74, 6) is -1.66. The van der Waals surface area contributed by atoms with Crippen LogP contribution in [0.15, 0.2) is 30.3 Å². The van der Waals surface area contributed by atoms with Crippen molar-refractivity contribution in [2.75, 3.05) is 13.2 Å². The Hall–Kier alpha value is -2.37. The molecule has 1 N–H and O–H groups in total. The summed E-state index contributed by atoms with van der Waals surface area (Å²) in [4.78, 5) is 32.9. The highest BCUT2D eigenvalue weighted by atomic mass is 16.5. The lowest BCUT2D eigenvalue weighted by molar-refractivity contribution is -0.148. The SMILES string of the molecule is CC(=O)OCC(=O)NCC(=O)OCc1ccccc1. The van der Waals surface area contributed by atoms with Gasteiger partial charge >= 0.3 is 11.9 Å². The zero-order valence-corrected chi connectivity index (χ0v) is 10.5. The van der Waals surface area contributed by atoms with Crippen molar-refractivity contribution >= 4 is 17.8 Å². The molecule has 1 rings (SSSR count). The monoisotopic (exact) mass is 265 g/mol. The van der Waals surface area contributed by atoms with E-state index in [1.54, 1.807) is 0 Å². The highest BCUT2D eigenvalue weighted by Crippen LogP contribution is 2.00. The fraction of sp³-hybridized carbons (Fsp3) is 0.308. The predicted octanol–water partition coefficient (Wildman–Crippen LogP) is 0.409. The molecule has 0 radical (unpaired) electrons. The molecule has 0 aromatic heterocycles. The molecule has 0 unspecified atom stereocenters. The lowest BCUT2D eigenvalue weighted by atomic mass is 10.2. The zero-order valence-electron chi connectivity index (χ0n) is 10.5. The molecule has 0 bridgehead atoms. The number of benzene rings is 1. The molecule has 1 aromatic carbocycles. The van der Waals surface area contributed by atoms with Gasteiger partial charge in [0.2, 0.25) is 0 Å². The lowest BCUT2D eigenvalue weighted by Crippen LogP contribution is -2.33. The number of rotatable bonds is 6. The maximum absolute atomic E-state index is 11.3. The van der Waals surface area contributed by atoms with Gasteiger partial charge in [-0.2, -0.15) is 0 Å². The quantitative estimate of drug-likeness (QED) is 0.753. The number of ether oxygens (including phenoxy) is 2. The highest BCUT2D eigenvalue weighted by molar-refractivity contribution is 5.83.